The molecular formula is C17H21N3O. The summed E-state index contributed by atoms with van der Waals surface area (Å²) in [5.74, 6) is 0.955. The third-order valence-corrected chi connectivity index (χ3v) is 3.78. The van der Waals surface area contributed by atoms with Crippen LogP contribution in [0.4, 0.5) is 0 Å². The fourth-order valence-electron chi connectivity index (χ4n) is 2.48. The molecule has 0 amide bonds. The fraction of sp³-hybridized carbons (Fsp3) is 0.412. The number of aromatic nitrogens is 2. The normalized spacial score (nSPS) is 15.8. The summed E-state index contributed by atoms with van der Waals surface area (Å²) in [5, 5.41) is 11.7. The van der Waals surface area contributed by atoms with Crippen molar-refractivity contribution in [1.29, 1.82) is 0 Å². The highest BCUT2D eigenvalue weighted by Crippen LogP contribution is 2.29. The van der Waals surface area contributed by atoms with Crippen LogP contribution in [0.15, 0.2) is 30.3 Å². The van der Waals surface area contributed by atoms with Crippen molar-refractivity contribution < 1.29 is 4.74 Å². The Bertz CT molecular complexity index is 620. The molecule has 0 saturated heterocycles. The number of hydrogen-bond acceptors (Lipinski definition) is 4. The van der Waals surface area contributed by atoms with Crippen LogP contribution in [0.2, 0.25) is 0 Å². The molecule has 1 aliphatic rings. The van der Waals surface area contributed by atoms with E-state index in [1.54, 1.807) is 0 Å². The molecule has 0 spiro atoms. The third-order valence-electron chi connectivity index (χ3n) is 3.78. The van der Waals surface area contributed by atoms with E-state index in [9.17, 15) is 0 Å². The Kier molecular flexibility index (Phi) is 3.88. The molecule has 1 aromatic carbocycles. The average molecular weight is 283 g/mol. The maximum absolute atomic E-state index is 5.80. The monoisotopic (exact) mass is 283 g/mol. The first-order chi connectivity index (χ1) is 10.2. The zero-order valence-electron chi connectivity index (χ0n) is 12.8. The highest BCUT2D eigenvalue weighted by Gasteiger charge is 2.23. The van der Waals surface area contributed by atoms with Gasteiger partial charge in [0.1, 0.15) is 5.75 Å². The molecule has 1 heterocycles. The average Bonchev–Trinajstić information content (AvgIpc) is 3.29. The van der Waals surface area contributed by atoms with Crippen molar-refractivity contribution in [1.82, 2.24) is 15.5 Å². The van der Waals surface area contributed by atoms with Crippen molar-refractivity contribution in [3.05, 3.63) is 52.8 Å². The SMILES string of the molecule is CNC(c1ccc(OC2CC2)cc1)c1cc(C)nnc1C. The zero-order valence-corrected chi connectivity index (χ0v) is 12.8. The van der Waals surface area contributed by atoms with Crippen LogP contribution >= 0.6 is 0 Å². The Labute approximate surface area is 125 Å². The van der Waals surface area contributed by atoms with Gasteiger partial charge in [-0.25, -0.2) is 0 Å². The molecule has 4 nitrogen and oxygen atoms in total. The number of benzene rings is 1. The van der Waals surface area contributed by atoms with E-state index < -0.39 is 0 Å². The minimum absolute atomic E-state index is 0.120. The van der Waals surface area contributed by atoms with Gasteiger partial charge in [-0.2, -0.15) is 10.2 Å². The van der Waals surface area contributed by atoms with Crippen molar-refractivity contribution in [2.45, 2.75) is 38.8 Å². The summed E-state index contributed by atoms with van der Waals surface area (Å²) >= 11 is 0. The topological polar surface area (TPSA) is 47.0 Å². The van der Waals surface area contributed by atoms with Gasteiger partial charge in [-0.05, 0) is 63.1 Å². The number of ether oxygens (including phenoxy) is 1. The summed E-state index contributed by atoms with van der Waals surface area (Å²) in [4.78, 5) is 0. The summed E-state index contributed by atoms with van der Waals surface area (Å²) in [6.45, 7) is 3.96. The number of nitrogens with zero attached hydrogens (tertiary/aromatic N) is 2. The summed E-state index contributed by atoms with van der Waals surface area (Å²) in [5.41, 5.74) is 4.26. The van der Waals surface area contributed by atoms with Gasteiger partial charge in [-0.3, -0.25) is 0 Å². The van der Waals surface area contributed by atoms with Gasteiger partial charge in [0.15, 0.2) is 0 Å². The van der Waals surface area contributed by atoms with Gasteiger partial charge in [0.2, 0.25) is 0 Å². The summed E-state index contributed by atoms with van der Waals surface area (Å²) in [7, 11) is 1.97. The molecule has 1 atom stereocenters. The van der Waals surface area contributed by atoms with Gasteiger partial charge in [-0.15, -0.1) is 0 Å². The summed E-state index contributed by atoms with van der Waals surface area (Å²) < 4.78 is 5.80. The number of nitrogens with one attached hydrogen (secondary N) is 1. The van der Waals surface area contributed by atoms with Crippen molar-refractivity contribution in [2.75, 3.05) is 7.05 Å². The Hall–Kier alpha value is -1.94. The largest absolute Gasteiger partial charge is 0.490 e. The lowest BCUT2D eigenvalue weighted by atomic mass is 9.97. The quantitative estimate of drug-likeness (QED) is 0.916. The predicted octanol–water partition coefficient (Wildman–Crippen LogP) is 2.94. The first kappa shape index (κ1) is 14.0. The first-order valence-electron chi connectivity index (χ1n) is 7.42. The number of aryl methyl sites for hydroxylation is 2. The Morgan fingerprint density at radius 1 is 1.14 bits per heavy atom. The van der Waals surface area contributed by atoms with Crippen LogP contribution in [-0.4, -0.2) is 23.3 Å². The molecule has 1 fully saturated rings. The van der Waals surface area contributed by atoms with E-state index in [1.165, 1.54) is 24.0 Å². The zero-order chi connectivity index (χ0) is 14.8. The van der Waals surface area contributed by atoms with Crippen LogP contribution in [0.3, 0.4) is 0 Å². The molecule has 0 radical (unpaired) electrons. The molecular weight excluding hydrogens is 262 g/mol. The Balaban J connectivity index is 1.86. The molecule has 1 saturated carbocycles. The molecule has 0 aliphatic heterocycles. The molecule has 110 valence electrons. The minimum atomic E-state index is 0.120. The van der Waals surface area contributed by atoms with Crippen molar-refractivity contribution in [2.24, 2.45) is 0 Å². The lowest BCUT2D eigenvalue weighted by molar-refractivity contribution is 0.303. The second kappa shape index (κ2) is 5.82. The van der Waals surface area contributed by atoms with Gasteiger partial charge in [-0.1, -0.05) is 12.1 Å². The van der Waals surface area contributed by atoms with E-state index in [0.29, 0.717) is 6.10 Å². The highest BCUT2D eigenvalue weighted by atomic mass is 16.5. The van der Waals surface area contributed by atoms with Gasteiger partial charge in [0, 0.05) is 0 Å². The van der Waals surface area contributed by atoms with E-state index in [2.05, 4.69) is 45.8 Å². The third kappa shape index (κ3) is 3.22. The molecule has 0 bridgehead atoms. The maximum Gasteiger partial charge on any atom is 0.119 e. The van der Waals surface area contributed by atoms with Crippen molar-refractivity contribution >= 4 is 0 Å². The summed E-state index contributed by atoms with van der Waals surface area (Å²) in [6, 6.07) is 10.6. The number of hydrogen-bond donors (Lipinski definition) is 1. The Morgan fingerprint density at radius 2 is 1.86 bits per heavy atom. The molecule has 1 aromatic heterocycles. The highest BCUT2D eigenvalue weighted by molar-refractivity contribution is 5.37. The van der Waals surface area contributed by atoms with Gasteiger partial charge in [0.05, 0.1) is 23.5 Å². The summed E-state index contributed by atoms with van der Waals surface area (Å²) in [6.07, 6.45) is 2.80. The second-order valence-electron chi connectivity index (χ2n) is 5.63. The fourth-order valence-corrected chi connectivity index (χ4v) is 2.48. The van der Waals surface area contributed by atoms with Crippen LogP contribution in [0.1, 0.15) is 41.4 Å². The van der Waals surface area contributed by atoms with Crippen molar-refractivity contribution in [3.8, 4) is 5.75 Å². The van der Waals surface area contributed by atoms with Crippen LogP contribution in [0.5, 0.6) is 5.75 Å². The molecule has 4 heteroatoms. The molecule has 3 rings (SSSR count). The van der Waals surface area contributed by atoms with E-state index in [-0.39, 0.29) is 6.04 Å². The van der Waals surface area contributed by atoms with Crippen LogP contribution in [-0.2, 0) is 0 Å². The smallest absolute Gasteiger partial charge is 0.119 e. The van der Waals surface area contributed by atoms with Gasteiger partial charge < -0.3 is 10.1 Å². The van der Waals surface area contributed by atoms with Crippen LogP contribution < -0.4 is 10.1 Å². The predicted molar refractivity (Wildman–Crippen MR) is 82.5 cm³/mol. The molecule has 1 N–H and O–H groups in total. The van der Waals surface area contributed by atoms with Crippen molar-refractivity contribution in [3.63, 3.8) is 0 Å². The maximum atomic E-state index is 5.80. The van der Waals surface area contributed by atoms with E-state index in [4.69, 9.17) is 4.74 Å². The van der Waals surface area contributed by atoms with E-state index >= 15 is 0 Å². The van der Waals surface area contributed by atoms with Crippen LogP contribution in [0, 0.1) is 13.8 Å². The molecule has 2 aromatic rings. The van der Waals surface area contributed by atoms with E-state index in [1.807, 2.05) is 20.9 Å². The minimum Gasteiger partial charge on any atom is -0.490 e. The molecule has 21 heavy (non-hydrogen) atoms. The van der Waals surface area contributed by atoms with Crippen LogP contribution in [0.25, 0.3) is 0 Å². The molecule has 1 aliphatic carbocycles. The Morgan fingerprint density at radius 3 is 2.48 bits per heavy atom. The molecule has 1 unspecified atom stereocenters. The first-order valence-corrected chi connectivity index (χ1v) is 7.42. The lowest BCUT2D eigenvalue weighted by Gasteiger charge is -2.19. The second-order valence-corrected chi connectivity index (χ2v) is 5.63. The van der Waals surface area contributed by atoms with E-state index in [0.717, 1.165) is 17.1 Å². The van der Waals surface area contributed by atoms with Gasteiger partial charge >= 0.3 is 0 Å². The standard InChI is InChI=1S/C17H21N3O/c1-11-10-16(12(2)20-19-11)17(18-3)13-4-6-14(7-5-13)21-15-8-9-15/h4-7,10,15,17-18H,8-9H2,1-3H3. The lowest BCUT2D eigenvalue weighted by Crippen LogP contribution is -2.19. The van der Waals surface area contributed by atoms with Gasteiger partial charge in [0.25, 0.3) is 0 Å². The number of rotatable bonds is 5.